The number of aliphatic hydroxyl groups excluding tert-OH is 3. The molecule has 270 valence electrons. The zero-order valence-corrected chi connectivity index (χ0v) is 26.7. The number of aliphatic carboxylic acids is 1. The van der Waals surface area contributed by atoms with Crippen molar-refractivity contribution in [2.75, 3.05) is 0 Å². The summed E-state index contributed by atoms with van der Waals surface area (Å²) < 4.78 is 0. The van der Waals surface area contributed by atoms with E-state index in [1.54, 1.807) is 0 Å². The van der Waals surface area contributed by atoms with Crippen LogP contribution in [0.4, 0.5) is 0 Å². The fraction of sp³-hybridized carbons (Fsp3) is 0.517. The first-order chi connectivity index (χ1) is 22.8. The zero-order valence-electron chi connectivity index (χ0n) is 26.7. The molecule has 9 atom stereocenters. The highest BCUT2D eigenvalue weighted by Gasteiger charge is 2.38. The van der Waals surface area contributed by atoms with E-state index in [4.69, 9.17) is 5.73 Å². The third kappa shape index (κ3) is 12.0. The highest BCUT2D eigenvalue weighted by Crippen LogP contribution is 2.13. The Morgan fingerprint density at radius 2 is 0.959 bits per heavy atom. The topological polar surface area (TPSA) is 336 Å². The molecule has 49 heavy (non-hydrogen) atoms. The summed E-state index contributed by atoms with van der Waals surface area (Å²) in [5, 5.41) is 63.0. The summed E-state index contributed by atoms with van der Waals surface area (Å²) in [6.07, 6.45) is -7.27. The number of aromatic hydroxyl groups is 1. The van der Waals surface area contributed by atoms with E-state index in [2.05, 4.69) is 31.9 Å². The number of rotatable bonds is 9. The lowest BCUT2D eigenvalue weighted by atomic mass is 10.0. The van der Waals surface area contributed by atoms with Crippen LogP contribution in [-0.2, 0) is 44.8 Å². The molecule has 1 aromatic rings. The number of amides is 7. The molecule has 0 unspecified atom stereocenters. The van der Waals surface area contributed by atoms with Crippen LogP contribution in [-0.4, -0.2) is 127 Å². The Morgan fingerprint density at radius 1 is 0.612 bits per heavy atom. The molecule has 1 aliphatic rings. The van der Waals surface area contributed by atoms with Crippen molar-refractivity contribution in [1.29, 1.82) is 0 Å². The van der Waals surface area contributed by atoms with Crippen LogP contribution in [0.15, 0.2) is 24.3 Å². The summed E-state index contributed by atoms with van der Waals surface area (Å²) in [4.78, 5) is 103. The van der Waals surface area contributed by atoms with Gasteiger partial charge in [-0.15, -0.1) is 0 Å². The molecule has 20 heteroatoms. The van der Waals surface area contributed by atoms with Gasteiger partial charge in [0, 0.05) is 6.42 Å². The van der Waals surface area contributed by atoms with Crippen LogP contribution in [0.25, 0.3) is 0 Å². The Balaban J connectivity index is 2.68. The summed E-state index contributed by atoms with van der Waals surface area (Å²) in [7, 11) is 0. The fourth-order valence-corrected chi connectivity index (χ4v) is 4.63. The van der Waals surface area contributed by atoms with Crippen LogP contribution in [0.2, 0.25) is 0 Å². The van der Waals surface area contributed by atoms with E-state index >= 15 is 0 Å². The van der Waals surface area contributed by atoms with Gasteiger partial charge < -0.3 is 63.2 Å². The van der Waals surface area contributed by atoms with Crippen LogP contribution in [0, 0.1) is 0 Å². The van der Waals surface area contributed by atoms with Crippen LogP contribution in [0.1, 0.15) is 39.2 Å². The van der Waals surface area contributed by atoms with Gasteiger partial charge in [0.1, 0.15) is 42.0 Å². The summed E-state index contributed by atoms with van der Waals surface area (Å²) in [5.74, 6) is -10.1. The van der Waals surface area contributed by atoms with E-state index in [-0.39, 0.29) is 12.2 Å². The van der Waals surface area contributed by atoms with Crippen molar-refractivity contribution in [3.63, 3.8) is 0 Å². The summed E-state index contributed by atoms with van der Waals surface area (Å²) >= 11 is 0. The lowest BCUT2D eigenvalue weighted by Gasteiger charge is -2.30. The molecule has 7 amide bonds. The standard InChI is InChI=1S/C29H41N7O13/c1-11(37)21-27(47)33-18(10-20(42)43)26(46)35-23(13(3)39)29(49)36-22(12(2)38)28(48)32-17(9-19(30)41)24(44)31-16(25(45)34-21)8-14-4-6-15(40)7-5-14/h4-7,11-13,16-18,21-23,37-40H,8-10H2,1-3H3,(H2,30,41)(H,31,44)(H,32,48)(H,33,47)(H,34,45)(H,35,46)(H,36,49)(H,42,43)/t11-,12-,13-,16+,17+,18-,21+,22+,23+/m1/s1. The molecule has 1 saturated heterocycles. The van der Waals surface area contributed by atoms with Gasteiger partial charge in [-0.1, -0.05) is 12.1 Å². The van der Waals surface area contributed by atoms with Gasteiger partial charge in [-0.2, -0.15) is 0 Å². The van der Waals surface area contributed by atoms with Crippen molar-refractivity contribution < 1.29 is 63.9 Å². The van der Waals surface area contributed by atoms with Gasteiger partial charge in [-0.3, -0.25) is 38.4 Å². The molecule has 1 aliphatic heterocycles. The molecule has 1 fully saturated rings. The minimum absolute atomic E-state index is 0.128. The molecule has 0 radical (unpaired) electrons. The zero-order chi connectivity index (χ0) is 37.2. The molecule has 1 aromatic carbocycles. The second-order valence-electron chi connectivity index (χ2n) is 11.5. The third-order valence-electron chi connectivity index (χ3n) is 7.25. The maximum absolute atomic E-state index is 13.6. The predicted molar refractivity (Wildman–Crippen MR) is 165 cm³/mol. The molecule has 0 bridgehead atoms. The van der Waals surface area contributed by atoms with E-state index in [0.717, 1.165) is 20.8 Å². The minimum Gasteiger partial charge on any atom is -0.508 e. The van der Waals surface area contributed by atoms with Gasteiger partial charge in [0.15, 0.2) is 0 Å². The molecule has 0 saturated carbocycles. The summed E-state index contributed by atoms with van der Waals surface area (Å²) in [5.41, 5.74) is 5.64. The molecular formula is C29H41N7O13. The third-order valence-corrected chi connectivity index (χ3v) is 7.25. The number of hydrogen-bond acceptors (Lipinski definition) is 12. The number of phenols is 1. The SMILES string of the molecule is C[C@@H](O)[C@@H]1NC(=O)[C@H](Cc2ccc(O)cc2)NC(=O)[C@H](CC(N)=O)NC(=O)[C@H]([C@@H](C)O)NC(=O)[C@H]([C@@H](C)O)NC(=O)[C@@H](CC(=O)O)NC1=O. The van der Waals surface area contributed by atoms with E-state index in [1.807, 2.05) is 0 Å². The highest BCUT2D eigenvalue weighted by molar-refractivity contribution is 6.00. The lowest BCUT2D eigenvalue weighted by Crippen LogP contribution is -2.65. The van der Waals surface area contributed by atoms with Crippen LogP contribution < -0.4 is 37.6 Å². The van der Waals surface area contributed by atoms with Crippen LogP contribution >= 0.6 is 0 Å². The van der Waals surface area contributed by atoms with Gasteiger partial charge in [0.2, 0.25) is 41.4 Å². The number of carboxylic acid groups (broad SMARTS) is 1. The number of primary amides is 1. The molecular weight excluding hydrogens is 654 g/mol. The first kappa shape index (κ1) is 39.8. The predicted octanol–water partition coefficient (Wildman–Crippen LogP) is -5.65. The number of carbonyl (C=O) groups is 8. The average Bonchev–Trinajstić information content (AvgIpc) is 2.99. The molecule has 2 rings (SSSR count). The van der Waals surface area contributed by atoms with Crippen molar-refractivity contribution in [2.45, 2.75) is 94.6 Å². The number of carbonyl (C=O) groups excluding carboxylic acids is 7. The van der Waals surface area contributed by atoms with Gasteiger partial charge >= 0.3 is 5.97 Å². The minimum atomic E-state index is -1.94. The molecule has 0 aliphatic carbocycles. The van der Waals surface area contributed by atoms with Crippen molar-refractivity contribution in [1.82, 2.24) is 31.9 Å². The molecule has 0 spiro atoms. The molecule has 0 aromatic heterocycles. The van der Waals surface area contributed by atoms with E-state index in [0.29, 0.717) is 5.56 Å². The van der Waals surface area contributed by atoms with Crippen molar-refractivity contribution in [3.8, 4) is 5.75 Å². The Hall–Kier alpha value is -5.34. The first-order valence-corrected chi connectivity index (χ1v) is 14.9. The normalized spacial score (nSPS) is 26.6. The summed E-state index contributed by atoms with van der Waals surface area (Å²) in [6.45, 7) is 3.21. The number of nitrogens with one attached hydrogen (secondary N) is 6. The van der Waals surface area contributed by atoms with E-state index in [9.17, 15) is 63.9 Å². The second kappa shape index (κ2) is 17.7. The number of aliphatic hydroxyl groups is 3. The number of nitrogens with two attached hydrogens (primary N) is 1. The Kier molecular flexibility index (Phi) is 14.4. The van der Waals surface area contributed by atoms with Gasteiger partial charge in [0.05, 0.1) is 31.2 Å². The van der Waals surface area contributed by atoms with Crippen LogP contribution in [0.5, 0.6) is 5.75 Å². The van der Waals surface area contributed by atoms with Crippen molar-refractivity contribution >= 4 is 47.3 Å². The van der Waals surface area contributed by atoms with E-state index < -0.39 is 115 Å². The summed E-state index contributed by atoms with van der Waals surface area (Å²) in [6, 6.07) is -5.62. The Bertz CT molecular complexity index is 1420. The monoisotopic (exact) mass is 695 g/mol. The number of hydrogen-bond donors (Lipinski definition) is 12. The maximum atomic E-state index is 13.6. The number of phenolic OH excluding ortho intramolecular Hbond substituents is 1. The highest BCUT2D eigenvalue weighted by atomic mass is 16.4. The van der Waals surface area contributed by atoms with Crippen molar-refractivity contribution in [2.24, 2.45) is 5.73 Å². The largest absolute Gasteiger partial charge is 0.508 e. The Morgan fingerprint density at radius 3 is 1.37 bits per heavy atom. The number of benzene rings is 1. The number of carboxylic acids is 1. The van der Waals surface area contributed by atoms with E-state index in [1.165, 1.54) is 24.3 Å². The average molecular weight is 696 g/mol. The first-order valence-electron chi connectivity index (χ1n) is 14.9. The second-order valence-corrected chi connectivity index (χ2v) is 11.5. The fourth-order valence-electron chi connectivity index (χ4n) is 4.63. The molecule has 1 heterocycles. The molecule has 13 N–H and O–H groups in total. The van der Waals surface area contributed by atoms with Gasteiger partial charge in [-0.05, 0) is 38.5 Å². The maximum Gasteiger partial charge on any atom is 0.305 e. The quantitative estimate of drug-likeness (QED) is 0.115. The van der Waals surface area contributed by atoms with Crippen LogP contribution in [0.3, 0.4) is 0 Å². The van der Waals surface area contributed by atoms with Gasteiger partial charge in [-0.25, -0.2) is 0 Å². The van der Waals surface area contributed by atoms with Gasteiger partial charge in [0.25, 0.3) is 0 Å². The molecule has 20 nitrogen and oxygen atoms in total. The van der Waals surface area contributed by atoms with Crippen molar-refractivity contribution in [3.05, 3.63) is 29.8 Å². The smallest absolute Gasteiger partial charge is 0.305 e. The lowest BCUT2D eigenvalue weighted by molar-refractivity contribution is -0.143. The Labute approximate surface area is 279 Å².